The molecule has 3 rings (SSSR count). The number of pyridine rings is 1. The quantitative estimate of drug-likeness (QED) is 0.171. The second-order valence-corrected chi connectivity index (χ2v) is 11.0. The maximum Gasteiger partial charge on any atom is 0.204 e. The first-order valence-corrected chi connectivity index (χ1v) is 14.9. The summed E-state index contributed by atoms with van der Waals surface area (Å²) >= 11 is 6.40. The lowest BCUT2D eigenvalue weighted by Gasteiger charge is -2.15. The van der Waals surface area contributed by atoms with Crippen LogP contribution in [0.1, 0.15) is 21.6 Å². The van der Waals surface area contributed by atoms with Gasteiger partial charge in [-0.3, -0.25) is 4.79 Å². The number of carbonyl (C=O) groups excluding carboxylic acids is 1. The van der Waals surface area contributed by atoms with Crippen LogP contribution in [0.2, 0.25) is 5.02 Å². The van der Waals surface area contributed by atoms with Crippen molar-refractivity contribution in [2.75, 3.05) is 55.1 Å². The van der Waals surface area contributed by atoms with Crippen molar-refractivity contribution < 1.29 is 46.4 Å². The average Bonchev–Trinajstić information content (AvgIpc) is 3.02. The maximum absolute atomic E-state index is 13.0. The van der Waals surface area contributed by atoms with Gasteiger partial charge in [0.25, 0.3) is 0 Å². The van der Waals surface area contributed by atoms with E-state index in [-0.39, 0.29) is 39.3 Å². The van der Waals surface area contributed by atoms with Crippen molar-refractivity contribution in [3.63, 3.8) is 0 Å². The summed E-state index contributed by atoms with van der Waals surface area (Å²) in [4.78, 5) is 17.4. The van der Waals surface area contributed by atoms with Gasteiger partial charge in [-0.25, -0.2) is 13.4 Å². The molecule has 0 saturated carbocycles. The minimum absolute atomic E-state index is 0.0423. The molecule has 44 heavy (non-hydrogen) atoms. The molecule has 1 N–H and O–H groups in total. The number of carbonyl (C=O) groups is 1. The Morgan fingerprint density at radius 2 is 1.43 bits per heavy atom. The molecule has 0 amide bonds. The summed E-state index contributed by atoms with van der Waals surface area (Å²) in [5.74, 6) is 1.48. The summed E-state index contributed by atoms with van der Waals surface area (Å²) in [5, 5.41) is 3.96. The number of anilines is 1. The van der Waals surface area contributed by atoms with E-state index in [1.165, 1.54) is 80.3 Å². The number of hydrogen-bond donors (Lipinski definition) is 1. The molecule has 0 unspecified atom stereocenters. The van der Waals surface area contributed by atoms with E-state index in [1.807, 2.05) is 0 Å². The van der Waals surface area contributed by atoms with Gasteiger partial charge in [0.05, 0.1) is 71.8 Å². The molecule has 14 heteroatoms. The number of allylic oxidation sites excluding steroid dienone is 1. The molecule has 0 spiro atoms. The van der Waals surface area contributed by atoms with Crippen LogP contribution in [-0.2, 0) is 15.6 Å². The molecule has 3 aromatic rings. The lowest BCUT2D eigenvalue weighted by molar-refractivity contribution is 0.104. The van der Waals surface area contributed by atoms with Gasteiger partial charge < -0.3 is 38.5 Å². The second-order valence-electron chi connectivity index (χ2n) is 8.76. The van der Waals surface area contributed by atoms with E-state index in [9.17, 15) is 13.2 Å². The Hall–Kier alpha value is -4.62. The fraction of sp³-hybridized carbons (Fsp3) is 0.267. The van der Waals surface area contributed by atoms with E-state index >= 15 is 0 Å². The van der Waals surface area contributed by atoms with Crippen molar-refractivity contribution in [3.05, 3.63) is 69.9 Å². The summed E-state index contributed by atoms with van der Waals surface area (Å²) in [6, 6.07) is 7.75. The van der Waals surface area contributed by atoms with Gasteiger partial charge in [0, 0.05) is 35.4 Å². The molecular weight excluding hydrogens is 616 g/mol. The van der Waals surface area contributed by atoms with Crippen LogP contribution in [0, 0.1) is 0 Å². The minimum atomic E-state index is -3.80. The Morgan fingerprint density at radius 3 is 1.98 bits per heavy atom. The maximum atomic E-state index is 13.0. The average molecular weight is 649 g/mol. The number of sulfone groups is 1. The topological polar surface area (TPSA) is 141 Å². The number of methoxy groups -OCH3 is 7. The van der Waals surface area contributed by atoms with E-state index < -0.39 is 21.4 Å². The molecule has 236 valence electrons. The van der Waals surface area contributed by atoms with Crippen molar-refractivity contribution >= 4 is 39.1 Å². The Morgan fingerprint density at radius 1 is 0.818 bits per heavy atom. The summed E-state index contributed by atoms with van der Waals surface area (Å²) in [6.45, 7) is 0. The third-order valence-corrected chi connectivity index (χ3v) is 7.79. The van der Waals surface area contributed by atoms with Gasteiger partial charge in [-0.1, -0.05) is 11.6 Å². The number of ether oxygens (including phenoxy) is 7. The molecule has 0 atom stereocenters. The van der Waals surface area contributed by atoms with Crippen LogP contribution in [0.15, 0.2) is 48.0 Å². The predicted molar refractivity (Wildman–Crippen MR) is 167 cm³/mol. The summed E-state index contributed by atoms with van der Waals surface area (Å²) in [5.41, 5.74) is 0.751. The lowest BCUT2D eigenvalue weighted by Crippen LogP contribution is -2.06. The van der Waals surface area contributed by atoms with Gasteiger partial charge >= 0.3 is 0 Å². The molecule has 0 bridgehead atoms. The summed E-state index contributed by atoms with van der Waals surface area (Å²) in [7, 11) is 6.27. The molecular formula is C30H33ClN2O10S. The zero-order chi connectivity index (χ0) is 32.4. The first-order valence-electron chi connectivity index (χ1n) is 12.8. The van der Waals surface area contributed by atoms with Gasteiger partial charge in [0.1, 0.15) is 17.2 Å². The highest BCUT2D eigenvalue weighted by Crippen LogP contribution is 2.44. The number of ketones is 1. The van der Waals surface area contributed by atoms with Gasteiger partial charge in [0.2, 0.25) is 5.75 Å². The van der Waals surface area contributed by atoms with Crippen LogP contribution in [0.3, 0.4) is 0 Å². The van der Waals surface area contributed by atoms with E-state index in [4.69, 9.17) is 44.8 Å². The molecule has 2 aromatic carbocycles. The molecule has 0 aliphatic rings. The molecule has 0 fully saturated rings. The smallest absolute Gasteiger partial charge is 0.204 e. The van der Waals surface area contributed by atoms with Crippen LogP contribution < -0.4 is 38.5 Å². The number of aromatic nitrogens is 1. The Bertz CT molecular complexity index is 1650. The number of benzene rings is 2. The standard InChI is InChI=1S/C30H33ClN2O10S/c1-37-19-14-24(39-3)20(25(15-19)40-4)11-13-44(35,36)17-18-8-9-23(38-2)30(33-18)32-12-10-22(34)21-16-26(41-5)28(42-6)29(43-7)27(21)31/h8-16H,17H2,1-7H3,(H,32,33)/b12-10+,13-11+. The van der Waals surface area contributed by atoms with Gasteiger partial charge in [0.15, 0.2) is 38.7 Å². The highest BCUT2D eigenvalue weighted by Gasteiger charge is 2.22. The van der Waals surface area contributed by atoms with E-state index in [0.29, 0.717) is 28.6 Å². The largest absolute Gasteiger partial charge is 0.496 e. The van der Waals surface area contributed by atoms with Gasteiger partial charge in [-0.15, -0.1) is 0 Å². The van der Waals surface area contributed by atoms with Crippen molar-refractivity contribution in [1.82, 2.24) is 4.98 Å². The summed E-state index contributed by atoms with van der Waals surface area (Å²) in [6.07, 6.45) is 3.93. The third kappa shape index (κ3) is 7.85. The first kappa shape index (κ1) is 33.9. The second kappa shape index (κ2) is 15.2. The molecule has 1 aromatic heterocycles. The molecule has 0 aliphatic heterocycles. The van der Waals surface area contributed by atoms with Crippen LogP contribution in [0.5, 0.6) is 40.2 Å². The van der Waals surface area contributed by atoms with E-state index in [0.717, 1.165) is 5.41 Å². The zero-order valence-corrected chi connectivity index (χ0v) is 26.8. The molecule has 0 aliphatic carbocycles. The molecule has 12 nitrogen and oxygen atoms in total. The van der Waals surface area contributed by atoms with Crippen LogP contribution in [0.4, 0.5) is 5.82 Å². The number of nitrogens with zero attached hydrogens (tertiary/aromatic N) is 1. The van der Waals surface area contributed by atoms with Gasteiger partial charge in [-0.05, 0) is 24.3 Å². The molecule has 0 saturated heterocycles. The normalized spacial score (nSPS) is 11.4. The van der Waals surface area contributed by atoms with Crippen molar-refractivity contribution in [2.24, 2.45) is 0 Å². The number of halogens is 1. The van der Waals surface area contributed by atoms with Crippen LogP contribution in [0.25, 0.3) is 6.08 Å². The highest BCUT2D eigenvalue weighted by molar-refractivity contribution is 7.93. The number of nitrogens with one attached hydrogen (secondary N) is 1. The van der Waals surface area contributed by atoms with Crippen molar-refractivity contribution in [1.29, 1.82) is 0 Å². The SMILES string of the molecule is COc1cc(OC)c(/C=C/S(=O)(=O)Cc2ccc(OC)c(N/C=C/C(=O)c3cc(OC)c(OC)c(OC)c3Cl)n2)c(OC)c1. The zero-order valence-electron chi connectivity index (χ0n) is 25.2. The van der Waals surface area contributed by atoms with E-state index in [1.54, 1.807) is 18.2 Å². The predicted octanol–water partition coefficient (Wildman–Crippen LogP) is 5.19. The van der Waals surface area contributed by atoms with Crippen LogP contribution >= 0.6 is 11.6 Å². The fourth-order valence-electron chi connectivity index (χ4n) is 4.04. The molecule has 1 heterocycles. The highest BCUT2D eigenvalue weighted by atomic mass is 35.5. The van der Waals surface area contributed by atoms with Crippen LogP contribution in [-0.4, -0.2) is 69.0 Å². The minimum Gasteiger partial charge on any atom is -0.496 e. The monoisotopic (exact) mass is 648 g/mol. The molecule has 0 radical (unpaired) electrons. The van der Waals surface area contributed by atoms with E-state index in [2.05, 4.69) is 10.3 Å². The number of rotatable bonds is 15. The first-order chi connectivity index (χ1) is 21.1. The van der Waals surface area contributed by atoms with Crippen molar-refractivity contribution in [3.8, 4) is 40.2 Å². The Balaban J connectivity index is 1.84. The fourth-order valence-corrected chi connectivity index (χ4v) is 5.37. The number of hydrogen-bond acceptors (Lipinski definition) is 12. The van der Waals surface area contributed by atoms with Gasteiger partial charge in [-0.2, -0.15) is 0 Å². The summed E-state index contributed by atoms with van der Waals surface area (Å²) < 4.78 is 63.3. The third-order valence-electron chi connectivity index (χ3n) is 6.17. The Labute approximate surface area is 261 Å². The lowest BCUT2D eigenvalue weighted by atomic mass is 10.1. The van der Waals surface area contributed by atoms with Crippen molar-refractivity contribution in [2.45, 2.75) is 5.75 Å². The Kier molecular flexibility index (Phi) is 11.7.